The molecular weight excluding hydrogens is 308 g/mol. The SMILES string of the molecule is CN(Cc1ccccc1)C(=O)COC(=O)c1ccc2ocnc2c1. The maximum Gasteiger partial charge on any atom is 0.338 e. The minimum Gasteiger partial charge on any atom is -0.452 e. The van der Waals surface area contributed by atoms with Crippen LogP contribution in [0.15, 0.2) is 59.3 Å². The summed E-state index contributed by atoms with van der Waals surface area (Å²) in [6.45, 7) is 0.154. The van der Waals surface area contributed by atoms with Crippen LogP contribution in [0.1, 0.15) is 15.9 Å². The highest BCUT2D eigenvalue weighted by atomic mass is 16.5. The third-order valence-corrected chi connectivity index (χ3v) is 3.58. The van der Waals surface area contributed by atoms with Crippen LogP contribution in [-0.2, 0) is 16.1 Å². The van der Waals surface area contributed by atoms with Gasteiger partial charge in [-0.3, -0.25) is 4.79 Å². The van der Waals surface area contributed by atoms with Crippen molar-refractivity contribution in [2.24, 2.45) is 0 Å². The van der Waals surface area contributed by atoms with E-state index in [-0.39, 0.29) is 12.5 Å². The quantitative estimate of drug-likeness (QED) is 0.675. The molecule has 0 atom stereocenters. The molecule has 0 unspecified atom stereocenters. The second kappa shape index (κ2) is 6.95. The molecule has 1 amide bonds. The Kier molecular flexibility index (Phi) is 4.56. The molecule has 6 nitrogen and oxygen atoms in total. The summed E-state index contributed by atoms with van der Waals surface area (Å²) in [5.41, 5.74) is 2.49. The monoisotopic (exact) mass is 324 g/mol. The van der Waals surface area contributed by atoms with Gasteiger partial charge in [0.05, 0.1) is 5.56 Å². The fraction of sp³-hybridized carbons (Fsp3) is 0.167. The van der Waals surface area contributed by atoms with Crippen molar-refractivity contribution in [2.45, 2.75) is 6.54 Å². The lowest BCUT2D eigenvalue weighted by atomic mass is 10.2. The number of amides is 1. The molecule has 0 radical (unpaired) electrons. The molecule has 0 aliphatic carbocycles. The Morgan fingerprint density at radius 2 is 1.96 bits per heavy atom. The molecule has 0 bridgehead atoms. The van der Waals surface area contributed by atoms with Gasteiger partial charge in [0.25, 0.3) is 5.91 Å². The minimum absolute atomic E-state index is 0.269. The van der Waals surface area contributed by atoms with Gasteiger partial charge in [-0.25, -0.2) is 9.78 Å². The van der Waals surface area contributed by atoms with E-state index < -0.39 is 5.97 Å². The predicted octanol–water partition coefficient (Wildman–Crippen LogP) is 2.64. The van der Waals surface area contributed by atoms with Crippen LogP contribution in [0.4, 0.5) is 0 Å². The van der Waals surface area contributed by atoms with Gasteiger partial charge in [-0.15, -0.1) is 0 Å². The van der Waals surface area contributed by atoms with E-state index in [9.17, 15) is 9.59 Å². The van der Waals surface area contributed by atoms with Crippen molar-refractivity contribution < 1.29 is 18.7 Å². The molecular formula is C18H16N2O4. The van der Waals surface area contributed by atoms with E-state index in [1.54, 1.807) is 25.2 Å². The lowest BCUT2D eigenvalue weighted by Gasteiger charge is -2.17. The number of rotatable bonds is 5. The molecule has 24 heavy (non-hydrogen) atoms. The van der Waals surface area contributed by atoms with Crippen LogP contribution in [0.2, 0.25) is 0 Å². The second-order valence-electron chi connectivity index (χ2n) is 5.35. The zero-order chi connectivity index (χ0) is 16.9. The average Bonchev–Trinajstić information content (AvgIpc) is 3.07. The molecule has 1 aromatic heterocycles. The van der Waals surface area contributed by atoms with Gasteiger partial charge in [0.1, 0.15) is 5.52 Å². The molecule has 2 aromatic carbocycles. The Morgan fingerprint density at radius 1 is 1.17 bits per heavy atom. The zero-order valence-corrected chi connectivity index (χ0v) is 13.1. The molecule has 0 aliphatic rings. The molecule has 3 aromatic rings. The molecule has 1 heterocycles. The molecule has 6 heteroatoms. The van der Waals surface area contributed by atoms with E-state index in [1.165, 1.54) is 11.3 Å². The number of likely N-dealkylation sites (N-methyl/N-ethyl adjacent to an activating group) is 1. The number of benzene rings is 2. The summed E-state index contributed by atoms with van der Waals surface area (Å²) in [7, 11) is 1.67. The Morgan fingerprint density at radius 3 is 2.75 bits per heavy atom. The summed E-state index contributed by atoms with van der Waals surface area (Å²) < 4.78 is 10.2. The Labute approximate surface area is 138 Å². The summed E-state index contributed by atoms with van der Waals surface area (Å²) in [6, 6.07) is 14.4. The molecule has 0 spiro atoms. The molecule has 0 saturated heterocycles. The van der Waals surface area contributed by atoms with Crippen LogP contribution < -0.4 is 0 Å². The van der Waals surface area contributed by atoms with Crippen LogP contribution in [0.25, 0.3) is 11.1 Å². The van der Waals surface area contributed by atoms with Gasteiger partial charge in [0.2, 0.25) is 0 Å². The lowest BCUT2D eigenvalue weighted by Crippen LogP contribution is -2.30. The predicted molar refractivity (Wildman–Crippen MR) is 87.2 cm³/mol. The number of oxazole rings is 1. The Bertz CT molecular complexity index is 858. The standard InChI is InChI=1S/C18H16N2O4/c1-20(10-13-5-3-2-4-6-13)17(21)11-23-18(22)14-7-8-16-15(9-14)19-12-24-16/h2-9,12H,10-11H2,1H3. The molecule has 3 rings (SSSR count). The van der Waals surface area contributed by atoms with Gasteiger partial charge in [-0.05, 0) is 23.8 Å². The Hall–Kier alpha value is -3.15. The average molecular weight is 324 g/mol. The van der Waals surface area contributed by atoms with E-state index >= 15 is 0 Å². The number of ether oxygens (including phenoxy) is 1. The van der Waals surface area contributed by atoms with Crippen LogP contribution in [0, 0.1) is 0 Å². The van der Waals surface area contributed by atoms with Crippen molar-refractivity contribution in [2.75, 3.05) is 13.7 Å². The number of nitrogens with zero attached hydrogens (tertiary/aromatic N) is 2. The van der Waals surface area contributed by atoms with Gasteiger partial charge >= 0.3 is 5.97 Å². The topological polar surface area (TPSA) is 72.6 Å². The molecule has 0 aliphatic heterocycles. The largest absolute Gasteiger partial charge is 0.452 e. The van der Waals surface area contributed by atoms with E-state index in [2.05, 4.69) is 4.98 Å². The van der Waals surface area contributed by atoms with Crippen LogP contribution in [0.5, 0.6) is 0 Å². The highest BCUT2D eigenvalue weighted by molar-refractivity contribution is 5.94. The molecule has 0 N–H and O–H groups in total. The zero-order valence-electron chi connectivity index (χ0n) is 13.1. The maximum atomic E-state index is 12.1. The van der Waals surface area contributed by atoms with E-state index in [1.807, 2.05) is 30.3 Å². The van der Waals surface area contributed by atoms with Gasteiger partial charge < -0.3 is 14.1 Å². The molecule has 0 fully saturated rings. The first-order valence-electron chi connectivity index (χ1n) is 7.42. The van der Waals surface area contributed by atoms with Crippen molar-refractivity contribution in [3.63, 3.8) is 0 Å². The number of esters is 1. The van der Waals surface area contributed by atoms with Crippen molar-refractivity contribution in [3.05, 3.63) is 66.1 Å². The number of carbonyl (C=O) groups is 2. The summed E-state index contributed by atoms with van der Waals surface area (Å²) >= 11 is 0. The van der Waals surface area contributed by atoms with Crippen molar-refractivity contribution >= 4 is 23.0 Å². The number of carbonyl (C=O) groups excluding carboxylic acids is 2. The first-order valence-corrected chi connectivity index (χ1v) is 7.42. The molecule has 122 valence electrons. The van der Waals surface area contributed by atoms with Gasteiger partial charge in [0.15, 0.2) is 18.6 Å². The number of aromatic nitrogens is 1. The van der Waals surface area contributed by atoms with E-state index in [0.29, 0.717) is 23.2 Å². The van der Waals surface area contributed by atoms with Gasteiger partial charge in [0, 0.05) is 13.6 Å². The third-order valence-electron chi connectivity index (χ3n) is 3.58. The van der Waals surface area contributed by atoms with Crippen molar-refractivity contribution in [1.29, 1.82) is 0 Å². The summed E-state index contributed by atoms with van der Waals surface area (Å²) in [4.78, 5) is 29.6. The first kappa shape index (κ1) is 15.7. The van der Waals surface area contributed by atoms with Crippen LogP contribution >= 0.6 is 0 Å². The normalized spacial score (nSPS) is 10.5. The van der Waals surface area contributed by atoms with Crippen LogP contribution in [-0.4, -0.2) is 35.4 Å². The number of hydrogen-bond donors (Lipinski definition) is 0. The van der Waals surface area contributed by atoms with Crippen molar-refractivity contribution in [1.82, 2.24) is 9.88 Å². The minimum atomic E-state index is -0.568. The van der Waals surface area contributed by atoms with Crippen molar-refractivity contribution in [3.8, 4) is 0 Å². The second-order valence-corrected chi connectivity index (χ2v) is 5.35. The third kappa shape index (κ3) is 3.60. The van der Waals surface area contributed by atoms with Gasteiger partial charge in [-0.1, -0.05) is 30.3 Å². The van der Waals surface area contributed by atoms with Crippen LogP contribution in [0.3, 0.4) is 0 Å². The van der Waals surface area contributed by atoms with E-state index in [0.717, 1.165) is 5.56 Å². The lowest BCUT2D eigenvalue weighted by molar-refractivity contribution is -0.133. The first-order chi connectivity index (χ1) is 11.6. The highest BCUT2D eigenvalue weighted by Gasteiger charge is 2.14. The summed E-state index contributed by atoms with van der Waals surface area (Å²) in [5, 5.41) is 0. The summed E-state index contributed by atoms with van der Waals surface area (Å²) in [5.74, 6) is -0.837. The maximum absolute atomic E-state index is 12.1. The number of hydrogen-bond acceptors (Lipinski definition) is 5. The summed E-state index contributed by atoms with van der Waals surface area (Å²) in [6.07, 6.45) is 1.31. The molecule has 0 saturated carbocycles. The number of fused-ring (bicyclic) bond motifs is 1. The fourth-order valence-electron chi connectivity index (χ4n) is 2.25. The van der Waals surface area contributed by atoms with Gasteiger partial charge in [-0.2, -0.15) is 0 Å². The fourth-order valence-corrected chi connectivity index (χ4v) is 2.25. The van der Waals surface area contributed by atoms with E-state index in [4.69, 9.17) is 9.15 Å². The smallest absolute Gasteiger partial charge is 0.338 e. The highest BCUT2D eigenvalue weighted by Crippen LogP contribution is 2.15. The Balaban J connectivity index is 1.56.